The fourth-order valence-corrected chi connectivity index (χ4v) is 2.90. The third-order valence-corrected chi connectivity index (χ3v) is 3.75. The summed E-state index contributed by atoms with van der Waals surface area (Å²) in [6.07, 6.45) is 1.11. The summed E-state index contributed by atoms with van der Waals surface area (Å²) < 4.78 is 0. The van der Waals surface area contributed by atoms with Gasteiger partial charge in [-0.2, -0.15) is 0 Å². The molecule has 15 heavy (non-hydrogen) atoms. The summed E-state index contributed by atoms with van der Waals surface area (Å²) in [6, 6.07) is 4.74. The van der Waals surface area contributed by atoms with Crippen LogP contribution in [-0.4, -0.2) is 23.9 Å². The topological polar surface area (TPSA) is 41.6 Å². The van der Waals surface area contributed by atoms with Gasteiger partial charge < -0.3 is 10.6 Å². The van der Waals surface area contributed by atoms with E-state index in [1.165, 1.54) is 9.75 Å². The fraction of sp³-hybridized carbons (Fsp3) is 0.545. The minimum atomic E-state index is 0.378. The van der Waals surface area contributed by atoms with Crippen molar-refractivity contribution in [3.8, 4) is 0 Å². The van der Waals surface area contributed by atoms with E-state index in [0.717, 1.165) is 19.5 Å². The lowest BCUT2D eigenvalue weighted by Crippen LogP contribution is -2.36. The SMILES string of the molecule is CCCN1C(N)=NCC1c1ccc(C)s1. The molecule has 2 N–H and O–H groups in total. The van der Waals surface area contributed by atoms with Crippen LogP contribution in [0.5, 0.6) is 0 Å². The molecule has 0 aliphatic carbocycles. The van der Waals surface area contributed by atoms with E-state index in [9.17, 15) is 0 Å². The maximum atomic E-state index is 5.88. The third-order valence-electron chi connectivity index (χ3n) is 2.65. The molecule has 4 heteroatoms. The number of guanidine groups is 1. The van der Waals surface area contributed by atoms with Crippen LogP contribution in [0, 0.1) is 6.92 Å². The van der Waals surface area contributed by atoms with Gasteiger partial charge in [-0.15, -0.1) is 11.3 Å². The Hall–Kier alpha value is -1.03. The van der Waals surface area contributed by atoms with Gasteiger partial charge in [0.1, 0.15) is 0 Å². The molecule has 1 atom stereocenters. The Labute approximate surface area is 94.6 Å². The Morgan fingerprint density at radius 2 is 2.40 bits per heavy atom. The first-order chi connectivity index (χ1) is 7.22. The van der Waals surface area contributed by atoms with Gasteiger partial charge in [0.2, 0.25) is 0 Å². The smallest absolute Gasteiger partial charge is 0.191 e. The Morgan fingerprint density at radius 1 is 1.60 bits per heavy atom. The van der Waals surface area contributed by atoms with E-state index in [1.807, 2.05) is 11.3 Å². The van der Waals surface area contributed by atoms with Gasteiger partial charge in [-0.05, 0) is 25.5 Å². The monoisotopic (exact) mass is 223 g/mol. The van der Waals surface area contributed by atoms with E-state index < -0.39 is 0 Å². The quantitative estimate of drug-likeness (QED) is 0.853. The lowest BCUT2D eigenvalue weighted by Gasteiger charge is -2.24. The van der Waals surface area contributed by atoms with Crippen LogP contribution in [0.1, 0.15) is 29.1 Å². The molecule has 0 saturated carbocycles. The van der Waals surface area contributed by atoms with Crippen LogP contribution >= 0.6 is 11.3 Å². The second-order valence-electron chi connectivity index (χ2n) is 3.86. The highest BCUT2D eigenvalue weighted by Crippen LogP contribution is 2.30. The second kappa shape index (κ2) is 4.23. The number of aliphatic imine (C=N–C) groups is 1. The largest absolute Gasteiger partial charge is 0.370 e. The van der Waals surface area contributed by atoms with Gasteiger partial charge in [-0.1, -0.05) is 6.92 Å². The zero-order chi connectivity index (χ0) is 10.8. The van der Waals surface area contributed by atoms with Crippen molar-refractivity contribution in [1.29, 1.82) is 0 Å². The summed E-state index contributed by atoms with van der Waals surface area (Å²) >= 11 is 1.85. The standard InChI is InChI=1S/C11H17N3S/c1-3-6-14-9(7-13-11(14)12)10-5-4-8(2)15-10/h4-5,9H,3,6-7H2,1-2H3,(H2,12,13). The average molecular weight is 223 g/mol. The molecule has 1 unspecified atom stereocenters. The second-order valence-corrected chi connectivity index (χ2v) is 5.18. The van der Waals surface area contributed by atoms with Crippen LogP contribution in [0.2, 0.25) is 0 Å². The van der Waals surface area contributed by atoms with Gasteiger partial charge >= 0.3 is 0 Å². The first-order valence-corrected chi connectivity index (χ1v) is 6.17. The predicted octanol–water partition coefficient (Wildman–Crippen LogP) is 2.14. The molecular weight excluding hydrogens is 206 g/mol. The third kappa shape index (κ3) is 2.00. The molecule has 2 heterocycles. The van der Waals surface area contributed by atoms with Gasteiger partial charge in [0, 0.05) is 16.3 Å². The summed E-state index contributed by atoms with van der Waals surface area (Å²) in [5, 5.41) is 0. The van der Waals surface area contributed by atoms with Gasteiger partial charge in [-0.3, -0.25) is 4.99 Å². The van der Waals surface area contributed by atoms with E-state index in [0.29, 0.717) is 12.0 Å². The minimum absolute atomic E-state index is 0.378. The van der Waals surface area contributed by atoms with E-state index in [1.54, 1.807) is 0 Å². The van der Waals surface area contributed by atoms with E-state index in [2.05, 4.69) is 35.9 Å². The number of nitrogens with two attached hydrogens (primary N) is 1. The highest BCUT2D eigenvalue weighted by Gasteiger charge is 2.27. The zero-order valence-electron chi connectivity index (χ0n) is 9.23. The highest BCUT2D eigenvalue weighted by atomic mass is 32.1. The summed E-state index contributed by atoms with van der Waals surface area (Å²) in [5.74, 6) is 0.702. The predicted molar refractivity (Wildman–Crippen MR) is 65.3 cm³/mol. The molecule has 1 aromatic rings. The number of thiophene rings is 1. The number of aryl methyl sites for hydroxylation is 1. The molecule has 1 aromatic heterocycles. The Balaban J connectivity index is 2.17. The molecule has 2 rings (SSSR count). The van der Waals surface area contributed by atoms with Crippen LogP contribution in [0.25, 0.3) is 0 Å². The normalized spacial score (nSPS) is 20.8. The maximum Gasteiger partial charge on any atom is 0.191 e. The highest BCUT2D eigenvalue weighted by molar-refractivity contribution is 7.12. The molecule has 0 bridgehead atoms. The molecule has 3 nitrogen and oxygen atoms in total. The van der Waals surface area contributed by atoms with Crippen LogP contribution in [0.3, 0.4) is 0 Å². The van der Waals surface area contributed by atoms with Crippen molar-refractivity contribution in [1.82, 2.24) is 4.90 Å². The lowest BCUT2D eigenvalue weighted by atomic mass is 10.2. The summed E-state index contributed by atoms with van der Waals surface area (Å²) in [5.41, 5.74) is 5.88. The van der Waals surface area contributed by atoms with Crippen molar-refractivity contribution in [2.75, 3.05) is 13.1 Å². The fourth-order valence-electron chi connectivity index (χ4n) is 1.92. The number of rotatable bonds is 3. The molecule has 1 aliphatic heterocycles. The summed E-state index contributed by atoms with van der Waals surface area (Å²) in [4.78, 5) is 9.28. The van der Waals surface area contributed by atoms with Crippen molar-refractivity contribution in [3.63, 3.8) is 0 Å². The van der Waals surface area contributed by atoms with Crippen molar-refractivity contribution >= 4 is 17.3 Å². The molecule has 0 spiro atoms. The number of nitrogens with zero attached hydrogens (tertiary/aromatic N) is 2. The molecule has 0 saturated heterocycles. The van der Waals surface area contributed by atoms with Crippen molar-refractivity contribution in [2.45, 2.75) is 26.3 Å². The first kappa shape index (κ1) is 10.5. The summed E-state index contributed by atoms with van der Waals surface area (Å²) in [7, 11) is 0. The number of hydrogen-bond donors (Lipinski definition) is 1. The van der Waals surface area contributed by atoms with E-state index >= 15 is 0 Å². The van der Waals surface area contributed by atoms with Gasteiger partial charge in [0.15, 0.2) is 5.96 Å². The lowest BCUT2D eigenvalue weighted by molar-refractivity contribution is 0.351. The summed E-state index contributed by atoms with van der Waals surface area (Å²) in [6.45, 7) is 6.11. The van der Waals surface area contributed by atoms with Crippen molar-refractivity contribution in [3.05, 3.63) is 21.9 Å². The molecule has 0 radical (unpaired) electrons. The van der Waals surface area contributed by atoms with Crippen LogP contribution in [0.4, 0.5) is 0 Å². The average Bonchev–Trinajstić information content (AvgIpc) is 2.76. The Kier molecular flexibility index (Phi) is 2.95. The van der Waals surface area contributed by atoms with Gasteiger partial charge in [0.25, 0.3) is 0 Å². The van der Waals surface area contributed by atoms with Crippen LogP contribution in [0.15, 0.2) is 17.1 Å². The van der Waals surface area contributed by atoms with E-state index in [-0.39, 0.29) is 0 Å². The minimum Gasteiger partial charge on any atom is -0.370 e. The van der Waals surface area contributed by atoms with Gasteiger partial charge in [-0.25, -0.2) is 0 Å². The molecule has 0 fully saturated rings. The van der Waals surface area contributed by atoms with Crippen LogP contribution in [-0.2, 0) is 0 Å². The Bertz CT molecular complexity index is 370. The van der Waals surface area contributed by atoms with Gasteiger partial charge in [0.05, 0.1) is 12.6 Å². The molecule has 1 aliphatic rings. The van der Waals surface area contributed by atoms with Crippen LogP contribution < -0.4 is 5.73 Å². The zero-order valence-corrected chi connectivity index (χ0v) is 10.0. The van der Waals surface area contributed by atoms with Crippen molar-refractivity contribution in [2.24, 2.45) is 10.7 Å². The molecule has 0 amide bonds. The van der Waals surface area contributed by atoms with E-state index in [4.69, 9.17) is 5.73 Å². The maximum absolute atomic E-state index is 5.88. The number of hydrogen-bond acceptors (Lipinski definition) is 4. The first-order valence-electron chi connectivity index (χ1n) is 5.35. The molecular formula is C11H17N3S. The Morgan fingerprint density at radius 3 is 3.00 bits per heavy atom. The molecule has 82 valence electrons. The van der Waals surface area contributed by atoms with Crippen molar-refractivity contribution < 1.29 is 0 Å². The molecule has 0 aromatic carbocycles.